The van der Waals surface area contributed by atoms with Gasteiger partial charge in [0, 0.05) is 18.4 Å². The molecule has 1 N–H and O–H groups in total. The molecule has 3 rings (SSSR count). The highest BCUT2D eigenvalue weighted by atomic mass is 32.2. The van der Waals surface area contributed by atoms with Crippen molar-refractivity contribution in [2.75, 3.05) is 6.54 Å². The minimum atomic E-state index is -4.75. The fourth-order valence-corrected chi connectivity index (χ4v) is 4.28. The van der Waals surface area contributed by atoms with Crippen LogP contribution in [0.4, 0.5) is 22.0 Å². The number of benzene rings is 3. The van der Waals surface area contributed by atoms with Crippen LogP contribution in [0.3, 0.4) is 0 Å². The Hall–Kier alpha value is -3.11. The molecule has 3 aromatic rings. The lowest BCUT2D eigenvalue weighted by atomic mass is 9.94. The first kappa shape index (κ1) is 24.5. The number of hydrogen-bond donors (Lipinski definition) is 1. The van der Waals surface area contributed by atoms with Gasteiger partial charge in [-0.15, -0.1) is 0 Å². The topological polar surface area (TPSA) is 63.2 Å². The smallest absolute Gasteiger partial charge is 0.299 e. The van der Waals surface area contributed by atoms with Crippen LogP contribution >= 0.6 is 0 Å². The second-order valence-electron chi connectivity index (χ2n) is 7.22. The number of carbonyl (C=O) groups excluding carboxylic acids is 1. The van der Waals surface area contributed by atoms with E-state index in [4.69, 9.17) is 0 Å². The van der Waals surface area contributed by atoms with Gasteiger partial charge in [-0.05, 0) is 41.0 Å². The van der Waals surface area contributed by atoms with Crippen molar-refractivity contribution in [3.8, 4) is 11.1 Å². The Labute approximate surface area is 187 Å². The number of nitrogens with one attached hydrogen (secondary N) is 1. The summed E-state index contributed by atoms with van der Waals surface area (Å²) in [4.78, 5) is 12.2. The summed E-state index contributed by atoms with van der Waals surface area (Å²) in [5.74, 6) is -2.38. The molecule has 0 amide bonds. The van der Waals surface area contributed by atoms with E-state index in [2.05, 4.69) is 0 Å². The first-order valence-electron chi connectivity index (χ1n) is 9.65. The van der Waals surface area contributed by atoms with E-state index in [1.807, 2.05) is 0 Å². The lowest BCUT2D eigenvalue weighted by Crippen LogP contribution is -2.33. The molecule has 174 valence electrons. The van der Waals surface area contributed by atoms with Crippen molar-refractivity contribution in [2.24, 2.45) is 0 Å². The van der Waals surface area contributed by atoms with Crippen LogP contribution in [0.25, 0.3) is 11.1 Å². The average Bonchev–Trinajstić information content (AvgIpc) is 2.75. The number of hydrogen-bond acceptors (Lipinski definition) is 3. The van der Waals surface area contributed by atoms with Gasteiger partial charge < -0.3 is 0 Å². The minimum Gasteiger partial charge on any atom is -0.299 e. The predicted molar refractivity (Wildman–Crippen MR) is 112 cm³/mol. The molecule has 0 atom stereocenters. The Balaban J connectivity index is 1.96. The van der Waals surface area contributed by atoms with Crippen LogP contribution in [-0.2, 0) is 27.7 Å². The SMILES string of the molecule is O=C(Cc1cc(S(=O)(=O)NCC(F)(F)F)ccc1-c1ccccc1)Cc1c(F)cccc1F. The molecule has 33 heavy (non-hydrogen) atoms. The number of ketones is 1. The molecule has 0 saturated heterocycles. The van der Waals surface area contributed by atoms with E-state index >= 15 is 0 Å². The van der Waals surface area contributed by atoms with Crippen molar-refractivity contribution < 1.29 is 35.2 Å². The zero-order valence-electron chi connectivity index (χ0n) is 17.0. The maximum atomic E-state index is 13.9. The van der Waals surface area contributed by atoms with E-state index < -0.39 is 57.0 Å². The first-order chi connectivity index (χ1) is 15.5. The minimum absolute atomic E-state index is 0.192. The number of Topliss-reactive ketones (excluding diaryl/α,β-unsaturated/α-hetero) is 1. The number of sulfonamides is 1. The molecule has 10 heteroatoms. The lowest BCUT2D eigenvalue weighted by Gasteiger charge is -2.14. The second kappa shape index (κ2) is 9.80. The molecule has 0 radical (unpaired) electrons. The summed E-state index contributed by atoms with van der Waals surface area (Å²) in [6.45, 7) is -1.75. The monoisotopic (exact) mass is 483 g/mol. The van der Waals surface area contributed by atoms with Gasteiger partial charge in [0.15, 0.2) is 0 Å². The van der Waals surface area contributed by atoms with Crippen LogP contribution in [-0.4, -0.2) is 26.9 Å². The number of halogens is 5. The van der Waals surface area contributed by atoms with E-state index in [-0.39, 0.29) is 12.0 Å². The highest BCUT2D eigenvalue weighted by Gasteiger charge is 2.30. The third-order valence-electron chi connectivity index (χ3n) is 4.76. The summed E-state index contributed by atoms with van der Waals surface area (Å²) >= 11 is 0. The van der Waals surface area contributed by atoms with Crippen LogP contribution in [0.15, 0.2) is 71.6 Å². The Bertz CT molecular complexity index is 1240. The third-order valence-corrected chi connectivity index (χ3v) is 6.16. The van der Waals surface area contributed by atoms with Gasteiger partial charge in [-0.3, -0.25) is 4.79 Å². The van der Waals surface area contributed by atoms with Crippen LogP contribution in [0.5, 0.6) is 0 Å². The summed E-state index contributed by atoms with van der Waals surface area (Å²) in [7, 11) is -4.52. The van der Waals surface area contributed by atoms with Crippen molar-refractivity contribution in [1.29, 1.82) is 0 Å². The predicted octanol–water partition coefficient (Wildman–Crippen LogP) is 4.83. The largest absolute Gasteiger partial charge is 0.402 e. The standard InChI is InChI=1S/C23H18F5NO3S/c24-21-7-4-8-22(25)20(21)13-17(30)11-16-12-18(33(31,32)29-14-23(26,27)28)9-10-19(16)15-5-2-1-3-6-15/h1-10,12,29H,11,13-14H2. The molecule has 0 aliphatic heterocycles. The maximum Gasteiger partial charge on any atom is 0.402 e. The number of rotatable bonds is 8. The van der Waals surface area contributed by atoms with Crippen molar-refractivity contribution in [2.45, 2.75) is 23.9 Å². The summed E-state index contributed by atoms with van der Waals surface area (Å²) < 4.78 is 91.5. The number of carbonyl (C=O) groups is 1. The fourth-order valence-electron chi connectivity index (χ4n) is 3.22. The molecule has 0 fully saturated rings. The van der Waals surface area contributed by atoms with E-state index in [0.717, 1.165) is 30.3 Å². The van der Waals surface area contributed by atoms with Gasteiger partial charge in [-0.25, -0.2) is 21.9 Å². The van der Waals surface area contributed by atoms with Gasteiger partial charge in [0.25, 0.3) is 0 Å². The molecule has 4 nitrogen and oxygen atoms in total. The Morgan fingerprint density at radius 3 is 2.09 bits per heavy atom. The number of alkyl halides is 3. The van der Waals surface area contributed by atoms with Gasteiger partial charge in [0.1, 0.15) is 24.0 Å². The third kappa shape index (κ3) is 6.45. The van der Waals surface area contributed by atoms with Gasteiger partial charge in [0.2, 0.25) is 10.0 Å². The zero-order valence-corrected chi connectivity index (χ0v) is 17.8. The Morgan fingerprint density at radius 1 is 0.848 bits per heavy atom. The molecule has 0 bridgehead atoms. The lowest BCUT2D eigenvalue weighted by molar-refractivity contribution is -0.121. The fraction of sp³-hybridized carbons (Fsp3) is 0.174. The van der Waals surface area contributed by atoms with Crippen LogP contribution in [0.1, 0.15) is 11.1 Å². The highest BCUT2D eigenvalue weighted by Crippen LogP contribution is 2.28. The molecule has 0 aliphatic rings. The molecule has 0 heterocycles. The summed E-state index contributed by atoms with van der Waals surface area (Å²) in [6.07, 6.45) is -5.71. The van der Waals surface area contributed by atoms with Crippen LogP contribution < -0.4 is 4.72 Å². The van der Waals surface area contributed by atoms with E-state index in [1.54, 1.807) is 30.3 Å². The maximum absolute atomic E-state index is 13.9. The van der Waals surface area contributed by atoms with Gasteiger partial charge in [0.05, 0.1) is 4.90 Å². The van der Waals surface area contributed by atoms with E-state index in [9.17, 15) is 35.2 Å². The molecule has 0 saturated carbocycles. The summed E-state index contributed by atoms with van der Waals surface area (Å²) in [5, 5.41) is 0. The zero-order chi connectivity index (χ0) is 24.2. The molecule has 3 aromatic carbocycles. The second-order valence-corrected chi connectivity index (χ2v) is 8.98. The van der Waals surface area contributed by atoms with Crippen LogP contribution in [0.2, 0.25) is 0 Å². The first-order valence-corrected chi connectivity index (χ1v) is 11.1. The van der Waals surface area contributed by atoms with Crippen LogP contribution in [0, 0.1) is 11.6 Å². The van der Waals surface area contributed by atoms with Crippen molar-refractivity contribution in [1.82, 2.24) is 4.72 Å². The normalized spacial score (nSPS) is 12.0. The Kier molecular flexibility index (Phi) is 7.28. The van der Waals surface area contributed by atoms with Gasteiger partial charge >= 0.3 is 6.18 Å². The quantitative estimate of drug-likeness (QED) is 0.467. The van der Waals surface area contributed by atoms with E-state index in [1.165, 1.54) is 10.8 Å². The molecule has 0 unspecified atom stereocenters. The molecular weight excluding hydrogens is 465 g/mol. The van der Waals surface area contributed by atoms with Gasteiger partial charge in [-0.1, -0.05) is 42.5 Å². The summed E-state index contributed by atoms with van der Waals surface area (Å²) in [5.41, 5.74) is 0.870. The molecule has 0 aliphatic carbocycles. The van der Waals surface area contributed by atoms with Crippen molar-refractivity contribution in [3.05, 3.63) is 89.5 Å². The van der Waals surface area contributed by atoms with E-state index in [0.29, 0.717) is 11.1 Å². The van der Waals surface area contributed by atoms with Crippen molar-refractivity contribution >= 4 is 15.8 Å². The van der Waals surface area contributed by atoms with Gasteiger partial charge in [-0.2, -0.15) is 13.2 Å². The highest BCUT2D eigenvalue weighted by molar-refractivity contribution is 7.89. The molecular formula is C23H18F5NO3S. The van der Waals surface area contributed by atoms with Crippen molar-refractivity contribution in [3.63, 3.8) is 0 Å². The average molecular weight is 483 g/mol. The Morgan fingerprint density at radius 2 is 1.48 bits per heavy atom. The molecule has 0 spiro atoms. The summed E-state index contributed by atoms with van der Waals surface area (Å²) in [6, 6.07) is 15.4. The molecule has 0 aromatic heterocycles.